The molecule has 0 unspecified atom stereocenters. The molecule has 0 atom stereocenters. The van der Waals surface area contributed by atoms with Crippen LogP contribution in [-0.2, 0) is 6.61 Å². The molecular formula is C16H14FN3O2S. The molecule has 3 rings (SSSR count). The maximum Gasteiger partial charge on any atom is 0.252 e. The Bertz CT molecular complexity index is 908. The van der Waals surface area contributed by atoms with Crippen LogP contribution in [0.1, 0.15) is 26.5 Å². The van der Waals surface area contributed by atoms with Gasteiger partial charge in [0.15, 0.2) is 11.6 Å². The Balaban J connectivity index is 1.85. The molecule has 2 aromatic heterocycles. The summed E-state index contributed by atoms with van der Waals surface area (Å²) >= 11 is 1.38. The number of carbonyl (C=O) groups excluding carboxylic acids is 1. The Kier molecular flexibility index (Phi) is 3.96. The standard InChI is InChI=1S/C16H14FN3O2S/c1-8-5-10-16(19-6-8)23-12(20-10)7-22-11-4-3-9(2)13(14(11)17)15(18)21/h3-6H,7H2,1-2H3,(H2,18,21). The Morgan fingerprint density at radius 3 is 2.91 bits per heavy atom. The third-order valence-electron chi connectivity index (χ3n) is 3.34. The molecule has 3 aromatic rings. The zero-order valence-electron chi connectivity index (χ0n) is 12.6. The molecule has 0 saturated carbocycles. The van der Waals surface area contributed by atoms with E-state index in [9.17, 15) is 9.18 Å². The van der Waals surface area contributed by atoms with Gasteiger partial charge in [-0.05, 0) is 37.1 Å². The highest BCUT2D eigenvalue weighted by atomic mass is 32.1. The number of hydrogen-bond acceptors (Lipinski definition) is 5. The summed E-state index contributed by atoms with van der Waals surface area (Å²) in [6.07, 6.45) is 1.77. The summed E-state index contributed by atoms with van der Waals surface area (Å²) in [6.45, 7) is 3.65. The summed E-state index contributed by atoms with van der Waals surface area (Å²) in [6, 6.07) is 5.01. The number of benzene rings is 1. The number of primary amides is 1. The summed E-state index contributed by atoms with van der Waals surface area (Å²) in [5.74, 6) is -1.58. The first-order chi connectivity index (χ1) is 11.0. The van der Waals surface area contributed by atoms with Crippen LogP contribution in [0, 0.1) is 19.7 Å². The molecule has 0 saturated heterocycles. The monoisotopic (exact) mass is 331 g/mol. The highest BCUT2D eigenvalue weighted by molar-refractivity contribution is 7.18. The van der Waals surface area contributed by atoms with Crippen molar-refractivity contribution in [1.82, 2.24) is 9.97 Å². The molecule has 0 fully saturated rings. The van der Waals surface area contributed by atoms with E-state index in [0.717, 1.165) is 15.9 Å². The molecule has 2 heterocycles. The Morgan fingerprint density at radius 1 is 1.39 bits per heavy atom. The van der Waals surface area contributed by atoms with Crippen LogP contribution >= 0.6 is 11.3 Å². The van der Waals surface area contributed by atoms with Gasteiger partial charge in [0.1, 0.15) is 22.0 Å². The maximum absolute atomic E-state index is 14.3. The Morgan fingerprint density at radius 2 is 2.17 bits per heavy atom. The molecule has 0 aliphatic heterocycles. The molecule has 23 heavy (non-hydrogen) atoms. The number of thiazole rings is 1. The van der Waals surface area contributed by atoms with Gasteiger partial charge in [0, 0.05) is 6.20 Å². The van der Waals surface area contributed by atoms with Crippen molar-refractivity contribution in [3.05, 3.63) is 51.9 Å². The lowest BCUT2D eigenvalue weighted by molar-refractivity contribution is 0.0994. The molecule has 118 valence electrons. The number of ether oxygens (including phenoxy) is 1. The van der Waals surface area contributed by atoms with Gasteiger partial charge < -0.3 is 10.5 Å². The van der Waals surface area contributed by atoms with Crippen molar-refractivity contribution in [2.45, 2.75) is 20.5 Å². The van der Waals surface area contributed by atoms with Gasteiger partial charge in [-0.25, -0.2) is 14.4 Å². The lowest BCUT2D eigenvalue weighted by Crippen LogP contribution is -2.15. The fourth-order valence-electron chi connectivity index (χ4n) is 2.24. The minimum atomic E-state index is -0.815. The van der Waals surface area contributed by atoms with E-state index in [4.69, 9.17) is 10.5 Å². The lowest BCUT2D eigenvalue weighted by Gasteiger charge is -2.09. The minimum Gasteiger partial charge on any atom is -0.483 e. The van der Waals surface area contributed by atoms with Gasteiger partial charge in [0.2, 0.25) is 0 Å². The van der Waals surface area contributed by atoms with E-state index in [0.29, 0.717) is 10.6 Å². The van der Waals surface area contributed by atoms with Gasteiger partial charge in [-0.15, -0.1) is 0 Å². The Hall–Kier alpha value is -2.54. The van der Waals surface area contributed by atoms with Gasteiger partial charge >= 0.3 is 0 Å². The average Bonchev–Trinajstić information content (AvgIpc) is 2.88. The molecule has 0 spiro atoms. The number of rotatable bonds is 4. The second-order valence-electron chi connectivity index (χ2n) is 5.17. The van der Waals surface area contributed by atoms with E-state index in [1.54, 1.807) is 19.2 Å². The highest BCUT2D eigenvalue weighted by Crippen LogP contribution is 2.26. The van der Waals surface area contributed by atoms with E-state index in [1.165, 1.54) is 17.4 Å². The van der Waals surface area contributed by atoms with Gasteiger partial charge in [-0.2, -0.15) is 0 Å². The first-order valence-corrected chi connectivity index (χ1v) is 7.71. The summed E-state index contributed by atoms with van der Waals surface area (Å²) in [5.41, 5.74) is 7.34. The number of hydrogen-bond donors (Lipinski definition) is 1. The second kappa shape index (κ2) is 5.92. The Labute approximate surface area is 135 Å². The number of fused-ring (bicyclic) bond motifs is 1. The number of aryl methyl sites for hydroxylation is 2. The number of nitrogens with zero attached hydrogens (tertiary/aromatic N) is 2. The molecule has 5 nitrogen and oxygen atoms in total. The molecular weight excluding hydrogens is 317 g/mol. The van der Waals surface area contributed by atoms with E-state index >= 15 is 0 Å². The average molecular weight is 331 g/mol. The SMILES string of the molecule is Cc1cnc2sc(COc3ccc(C)c(C(N)=O)c3F)nc2c1. The van der Waals surface area contributed by atoms with Crippen molar-refractivity contribution in [3.63, 3.8) is 0 Å². The molecule has 1 aromatic carbocycles. The van der Waals surface area contributed by atoms with Crippen LogP contribution in [0.15, 0.2) is 24.4 Å². The first-order valence-electron chi connectivity index (χ1n) is 6.89. The molecule has 0 bridgehead atoms. The largest absolute Gasteiger partial charge is 0.483 e. The number of amides is 1. The normalized spacial score (nSPS) is 10.9. The van der Waals surface area contributed by atoms with Gasteiger partial charge in [0.25, 0.3) is 5.91 Å². The number of nitrogens with two attached hydrogens (primary N) is 1. The van der Waals surface area contributed by atoms with E-state index in [1.807, 2.05) is 13.0 Å². The summed E-state index contributed by atoms with van der Waals surface area (Å²) < 4.78 is 19.8. The van der Waals surface area contributed by atoms with E-state index < -0.39 is 11.7 Å². The summed E-state index contributed by atoms with van der Waals surface area (Å²) in [4.78, 5) is 20.8. The van der Waals surface area contributed by atoms with Crippen LogP contribution in [0.25, 0.3) is 10.3 Å². The van der Waals surface area contributed by atoms with E-state index in [-0.39, 0.29) is 17.9 Å². The van der Waals surface area contributed by atoms with Crippen LogP contribution in [0.4, 0.5) is 4.39 Å². The predicted molar refractivity (Wildman–Crippen MR) is 86.1 cm³/mol. The lowest BCUT2D eigenvalue weighted by atomic mass is 10.1. The van der Waals surface area contributed by atoms with Gasteiger partial charge in [-0.3, -0.25) is 4.79 Å². The third-order valence-corrected chi connectivity index (χ3v) is 4.29. The van der Waals surface area contributed by atoms with Crippen LogP contribution in [-0.4, -0.2) is 15.9 Å². The number of carbonyl (C=O) groups is 1. The summed E-state index contributed by atoms with van der Waals surface area (Å²) in [7, 11) is 0. The van der Waals surface area contributed by atoms with Crippen molar-refractivity contribution < 1.29 is 13.9 Å². The topological polar surface area (TPSA) is 78.1 Å². The van der Waals surface area contributed by atoms with Crippen molar-refractivity contribution >= 4 is 27.6 Å². The fraction of sp³-hybridized carbons (Fsp3) is 0.188. The maximum atomic E-state index is 14.3. The second-order valence-corrected chi connectivity index (χ2v) is 6.23. The zero-order valence-corrected chi connectivity index (χ0v) is 13.4. The number of halogens is 1. The van der Waals surface area contributed by atoms with Crippen molar-refractivity contribution in [3.8, 4) is 5.75 Å². The predicted octanol–water partition coefficient (Wildman–Crippen LogP) is 3.13. The zero-order chi connectivity index (χ0) is 16.6. The minimum absolute atomic E-state index is 0.0206. The quantitative estimate of drug-likeness (QED) is 0.797. The van der Waals surface area contributed by atoms with Crippen LogP contribution < -0.4 is 10.5 Å². The highest BCUT2D eigenvalue weighted by Gasteiger charge is 2.17. The van der Waals surface area contributed by atoms with Gasteiger partial charge in [-0.1, -0.05) is 17.4 Å². The van der Waals surface area contributed by atoms with E-state index in [2.05, 4.69) is 9.97 Å². The summed E-state index contributed by atoms with van der Waals surface area (Å²) in [5, 5.41) is 0.679. The molecule has 2 N–H and O–H groups in total. The number of pyridine rings is 1. The number of aromatic nitrogens is 2. The first kappa shape index (κ1) is 15.4. The smallest absolute Gasteiger partial charge is 0.252 e. The molecule has 0 aliphatic rings. The van der Waals surface area contributed by atoms with Crippen LogP contribution in [0.3, 0.4) is 0 Å². The van der Waals surface area contributed by atoms with Crippen molar-refractivity contribution in [2.75, 3.05) is 0 Å². The third kappa shape index (κ3) is 3.00. The molecule has 7 heteroatoms. The van der Waals surface area contributed by atoms with Gasteiger partial charge in [0.05, 0.1) is 5.56 Å². The fourth-order valence-corrected chi connectivity index (χ4v) is 3.04. The van der Waals surface area contributed by atoms with Crippen LogP contribution in [0.5, 0.6) is 5.75 Å². The van der Waals surface area contributed by atoms with Crippen LogP contribution in [0.2, 0.25) is 0 Å². The van der Waals surface area contributed by atoms with Crippen molar-refractivity contribution in [2.24, 2.45) is 5.73 Å². The molecule has 0 aliphatic carbocycles. The van der Waals surface area contributed by atoms with Crippen molar-refractivity contribution in [1.29, 1.82) is 0 Å². The molecule has 1 amide bonds. The molecule has 0 radical (unpaired) electrons.